The molecule has 9 rings (SSSR count). The molecule has 2 aromatic heterocycles. The highest BCUT2D eigenvalue weighted by Crippen LogP contribution is 2.53. The Morgan fingerprint density at radius 3 is 2.51 bits per heavy atom. The Labute approximate surface area is 229 Å². The smallest absolute Gasteiger partial charge is 0.125 e. The van der Waals surface area contributed by atoms with Crippen molar-refractivity contribution in [3.05, 3.63) is 124 Å². The molecule has 0 saturated carbocycles. The Morgan fingerprint density at radius 1 is 0.744 bits per heavy atom. The van der Waals surface area contributed by atoms with Gasteiger partial charge in [0.2, 0.25) is 11.4 Å². The second-order valence-corrected chi connectivity index (χ2v) is 12.2. The predicted molar refractivity (Wildman–Crippen MR) is 157 cm³/mol. The molecule has 39 heavy (non-hydrogen) atoms. The number of pyridine rings is 2. The van der Waals surface area contributed by atoms with Gasteiger partial charge in [0, 0.05) is 17.7 Å². The summed E-state index contributed by atoms with van der Waals surface area (Å²) < 4.78 is 5.22. The molecule has 0 saturated heterocycles. The van der Waals surface area contributed by atoms with Gasteiger partial charge in [0.05, 0.1) is 16.5 Å². The van der Waals surface area contributed by atoms with E-state index >= 15 is 0 Å². The second kappa shape index (κ2) is 7.33. The van der Waals surface area contributed by atoms with Crippen LogP contribution in [0.2, 0.25) is 0 Å². The molecule has 1 unspecified atom stereocenters. The molecule has 5 aromatic rings. The van der Waals surface area contributed by atoms with Crippen LogP contribution >= 0.6 is 0 Å². The van der Waals surface area contributed by atoms with Gasteiger partial charge in [-0.3, -0.25) is 0 Å². The fraction of sp³-hybridized carbons (Fsp3) is 0.243. The Morgan fingerprint density at radius 2 is 1.59 bits per heavy atom. The van der Waals surface area contributed by atoms with Crippen LogP contribution in [0, 0.1) is 20.8 Å². The molecule has 0 radical (unpaired) electrons. The van der Waals surface area contributed by atoms with Crippen molar-refractivity contribution >= 4 is 16.3 Å². The highest BCUT2D eigenvalue weighted by atomic mass is 15.3. The SMILES string of the molecule is Cc1ccc2c(c1)C1(c3ccc4c(c3-c3c5ccccc5cc[n+]31)CC1=C4CCCC1)[n+]1cc(C)c(C)cc1-2. The zero-order chi connectivity index (χ0) is 26.0. The predicted octanol–water partition coefficient (Wildman–Crippen LogP) is 7.48. The first-order valence-electron chi connectivity index (χ1n) is 14.5. The standard InChI is InChI=1S/C37H32N2/c1-22-12-13-30-33(18-22)37(39-21-24(3)23(2)19-34(30)39)32-15-14-29-27-10-6-5-9-26(27)20-31(29)35(32)36-28-11-7-4-8-25(28)16-17-38(36)37/h4,7-8,11-19,21H,5-6,9-10,20H2,1-3H3/q+2. The van der Waals surface area contributed by atoms with Crippen molar-refractivity contribution in [2.24, 2.45) is 0 Å². The van der Waals surface area contributed by atoms with Crippen LogP contribution in [0.4, 0.5) is 0 Å². The van der Waals surface area contributed by atoms with Gasteiger partial charge in [0.25, 0.3) is 0 Å². The fourth-order valence-electron chi connectivity index (χ4n) is 8.30. The van der Waals surface area contributed by atoms with Crippen molar-refractivity contribution in [2.45, 2.75) is 58.5 Å². The second-order valence-electron chi connectivity index (χ2n) is 12.2. The van der Waals surface area contributed by atoms with Gasteiger partial charge in [-0.05, 0) is 105 Å². The minimum absolute atomic E-state index is 0.442. The number of aryl methyl sites for hydroxylation is 3. The molecule has 188 valence electrons. The van der Waals surface area contributed by atoms with E-state index < -0.39 is 5.66 Å². The van der Waals surface area contributed by atoms with E-state index in [1.807, 2.05) is 0 Å². The summed E-state index contributed by atoms with van der Waals surface area (Å²) in [7, 11) is 0. The van der Waals surface area contributed by atoms with E-state index in [-0.39, 0.29) is 0 Å². The number of hydrogen-bond acceptors (Lipinski definition) is 0. The van der Waals surface area contributed by atoms with Gasteiger partial charge < -0.3 is 0 Å². The Balaban J connectivity index is 1.49. The minimum Gasteiger partial charge on any atom is -0.125 e. The third-order valence-corrected chi connectivity index (χ3v) is 10.2. The van der Waals surface area contributed by atoms with Gasteiger partial charge in [-0.1, -0.05) is 41.5 Å². The third-order valence-electron chi connectivity index (χ3n) is 10.2. The van der Waals surface area contributed by atoms with Gasteiger partial charge in [0.15, 0.2) is 12.4 Å². The molecule has 2 nitrogen and oxygen atoms in total. The van der Waals surface area contributed by atoms with Crippen molar-refractivity contribution in [3.8, 4) is 22.5 Å². The molecule has 1 atom stereocenters. The summed E-state index contributed by atoms with van der Waals surface area (Å²) in [6.07, 6.45) is 11.0. The third kappa shape index (κ3) is 2.54. The molecule has 4 aliphatic rings. The van der Waals surface area contributed by atoms with Gasteiger partial charge in [-0.25, -0.2) is 0 Å². The summed E-state index contributed by atoms with van der Waals surface area (Å²) in [5.74, 6) is 0. The number of nitrogens with zero attached hydrogens (tertiary/aromatic N) is 2. The van der Waals surface area contributed by atoms with Crippen molar-refractivity contribution in [1.29, 1.82) is 0 Å². The van der Waals surface area contributed by atoms with Crippen LogP contribution in [-0.4, -0.2) is 0 Å². The van der Waals surface area contributed by atoms with Gasteiger partial charge in [-0.15, -0.1) is 9.13 Å². The van der Waals surface area contributed by atoms with E-state index in [0.717, 1.165) is 6.42 Å². The molecular formula is C37H32N2+2. The zero-order valence-electron chi connectivity index (χ0n) is 22.9. The maximum Gasteiger partial charge on any atom is 0.417 e. The zero-order valence-corrected chi connectivity index (χ0v) is 22.9. The number of aromatic nitrogens is 2. The molecule has 2 aliphatic heterocycles. The Bertz CT molecular complexity index is 1970. The van der Waals surface area contributed by atoms with E-state index in [4.69, 9.17) is 0 Å². The van der Waals surface area contributed by atoms with Crippen molar-refractivity contribution in [2.75, 3.05) is 0 Å². The van der Waals surface area contributed by atoms with Crippen LogP contribution in [0.25, 0.3) is 38.9 Å². The molecule has 0 bridgehead atoms. The summed E-state index contributed by atoms with van der Waals surface area (Å²) in [6.45, 7) is 6.74. The average molecular weight is 505 g/mol. The van der Waals surface area contributed by atoms with E-state index in [1.54, 1.807) is 16.7 Å². The monoisotopic (exact) mass is 504 g/mol. The summed E-state index contributed by atoms with van der Waals surface area (Å²) in [4.78, 5) is 0. The molecule has 4 heterocycles. The van der Waals surface area contributed by atoms with Crippen LogP contribution in [0.1, 0.15) is 64.6 Å². The van der Waals surface area contributed by atoms with Crippen LogP contribution < -0.4 is 9.13 Å². The molecule has 1 spiro atoms. The molecule has 3 aromatic carbocycles. The Hall–Kier alpha value is -4.04. The number of benzene rings is 3. The minimum atomic E-state index is -0.442. The lowest BCUT2D eigenvalue weighted by Gasteiger charge is -2.19. The number of hydrogen-bond donors (Lipinski definition) is 0. The molecule has 0 fully saturated rings. The molecule has 0 N–H and O–H groups in total. The van der Waals surface area contributed by atoms with Crippen LogP contribution in [0.15, 0.2) is 84.7 Å². The summed E-state index contributed by atoms with van der Waals surface area (Å²) in [5, 5.41) is 2.66. The van der Waals surface area contributed by atoms with Crippen molar-refractivity contribution in [1.82, 2.24) is 0 Å². The quantitative estimate of drug-likeness (QED) is 0.189. The molecule has 2 heteroatoms. The van der Waals surface area contributed by atoms with Crippen molar-refractivity contribution in [3.63, 3.8) is 0 Å². The first-order valence-corrected chi connectivity index (χ1v) is 14.5. The largest absolute Gasteiger partial charge is 0.417 e. The average Bonchev–Trinajstić information content (AvgIpc) is 3.57. The van der Waals surface area contributed by atoms with Gasteiger partial charge in [0.1, 0.15) is 11.1 Å². The molecular weight excluding hydrogens is 472 g/mol. The fourth-order valence-corrected chi connectivity index (χ4v) is 8.30. The van der Waals surface area contributed by atoms with Crippen LogP contribution in [-0.2, 0) is 12.1 Å². The lowest BCUT2D eigenvalue weighted by molar-refractivity contribution is -0.954. The first kappa shape index (κ1) is 21.8. The Kier molecular flexibility index (Phi) is 4.10. The van der Waals surface area contributed by atoms with E-state index in [1.165, 1.54) is 92.4 Å². The lowest BCUT2D eigenvalue weighted by atomic mass is 9.85. The summed E-state index contributed by atoms with van der Waals surface area (Å²) >= 11 is 0. The van der Waals surface area contributed by atoms with Gasteiger partial charge in [-0.2, -0.15) is 0 Å². The summed E-state index contributed by atoms with van der Waals surface area (Å²) in [5.41, 5.74) is 18.3. The highest BCUT2D eigenvalue weighted by Gasteiger charge is 2.67. The van der Waals surface area contributed by atoms with E-state index in [0.29, 0.717) is 0 Å². The van der Waals surface area contributed by atoms with Crippen molar-refractivity contribution < 1.29 is 9.13 Å². The number of allylic oxidation sites excluding steroid dienone is 2. The normalized spacial score (nSPS) is 19.7. The topological polar surface area (TPSA) is 7.76 Å². The van der Waals surface area contributed by atoms with E-state index in [9.17, 15) is 0 Å². The number of rotatable bonds is 0. The summed E-state index contributed by atoms with van der Waals surface area (Å²) in [6, 6.07) is 25.8. The van der Waals surface area contributed by atoms with E-state index in [2.05, 4.69) is 109 Å². The van der Waals surface area contributed by atoms with Crippen LogP contribution in [0.3, 0.4) is 0 Å². The maximum atomic E-state index is 2.63. The molecule has 0 amide bonds. The maximum absolute atomic E-state index is 2.63. The lowest BCUT2D eigenvalue weighted by Crippen LogP contribution is -2.71. The highest BCUT2D eigenvalue weighted by molar-refractivity contribution is 5.98. The van der Waals surface area contributed by atoms with Gasteiger partial charge >= 0.3 is 5.66 Å². The first-order chi connectivity index (χ1) is 19.1. The number of fused-ring (bicyclic) bond motifs is 15. The van der Waals surface area contributed by atoms with Crippen LogP contribution in [0.5, 0.6) is 0 Å². The molecule has 2 aliphatic carbocycles.